The molecule has 3 rings (SSSR count). The van der Waals surface area contributed by atoms with Gasteiger partial charge in [-0.2, -0.15) is 5.10 Å². The van der Waals surface area contributed by atoms with Crippen molar-refractivity contribution in [2.45, 2.75) is 10.9 Å². The molecule has 0 aromatic heterocycles. The normalized spacial score (nSPS) is 19.3. The Balaban J connectivity index is 1.59. The predicted molar refractivity (Wildman–Crippen MR) is 102 cm³/mol. The highest BCUT2D eigenvalue weighted by molar-refractivity contribution is 7.98. The van der Waals surface area contributed by atoms with Crippen LogP contribution in [0.3, 0.4) is 0 Å². The number of rotatable bonds is 5. The topological polar surface area (TPSA) is 97.5 Å². The quantitative estimate of drug-likeness (QED) is 0.338. The van der Waals surface area contributed by atoms with Gasteiger partial charge in [-0.1, -0.05) is 12.1 Å². The number of thioether (sulfide) groups is 1. The fourth-order valence-corrected chi connectivity index (χ4v) is 3.15. The van der Waals surface area contributed by atoms with Crippen LogP contribution in [0, 0.1) is 0 Å². The van der Waals surface area contributed by atoms with Gasteiger partial charge in [0.05, 0.1) is 6.21 Å². The largest absolute Gasteiger partial charge is 0.333 e. The van der Waals surface area contributed by atoms with Crippen molar-refractivity contribution in [3.63, 3.8) is 0 Å². The van der Waals surface area contributed by atoms with Crippen molar-refractivity contribution in [1.82, 2.24) is 15.2 Å². The van der Waals surface area contributed by atoms with Gasteiger partial charge in [-0.3, -0.25) is 19.4 Å². The average molecular weight is 387 g/mol. The Morgan fingerprint density at radius 1 is 1.30 bits per heavy atom. The first-order valence-electron chi connectivity index (χ1n) is 8.10. The summed E-state index contributed by atoms with van der Waals surface area (Å²) in [6.45, 7) is -0.109. The molecule has 0 radical (unpaired) electrons. The number of carbonyl (C=O) groups excluding carboxylic acids is 3. The Hall–Kier alpha value is -3.01. The van der Waals surface area contributed by atoms with E-state index in [1.807, 2.05) is 30.5 Å². The standard InChI is InChI=1S/C17H18N6O3S/c1-21-15-14(16(25)22(2)17(21)26)23(10-18-15)9-13(24)20-19-8-11-4-6-12(27-3)7-5-11/h4-8,10,14H,9H2,1-3H3/p+1/b19-8+. The monoisotopic (exact) mass is 387 g/mol. The van der Waals surface area contributed by atoms with Crippen molar-refractivity contribution in [3.8, 4) is 0 Å². The average Bonchev–Trinajstić information content (AvgIpc) is 3.08. The van der Waals surface area contributed by atoms with Crippen LogP contribution in [0.5, 0.6) is 0 Å². The molecule has 1 fully saturated rings. The molecule has 10 heteroatoms. The molecule has 0 bridgehead atoms. The first kappa shape index (κ1) is 18.8. The second-order valence-corrected chi connectivity index (χ2v) is 6.86. The first-order chi connectivity index (χ1) is 12.9. The number of hydrogen-bond donors (Lipinski definition) is 1. The first-order valence-corrected chi connectivity index (χ1v) is 9.33. The van der Waals surface area contributed by atoms with Crippen LogP contribution < -0.4 is 5.43 Å². The van der Waals surface area contributed by atoms with Gasteiger partial charge in [0.25, 0.3) is 30.0 Å². The second-order valence-electron chi connectivity index (χ2n) is 5.98. The minimum atomic E-state index is -0.786. The maximum absolute atomic E-state index is 12.4. The summed E-state index contributed by atoms with van der Waals surface area (Å²) in [6.07, 6.45) is 4.94. The Morgan fingerprint density at radius 3 is 2.67 bits per heavy atom. The molecule has 1 aromatic rings. The summed E-state index contributed by atoms with van der Waals surface area (Å²) in [4.78, 5) is 44.0. The minimum Gasteiger partial charge on any atom is -0.269 e. The summed E-state index contributed by atoms with van der Waals surface area (Å²) >= 11 is 1.64. The molecule has 2 aliphatic rings. The molecule has 0 aliphatic carbocycles. The molecule has 0 saturated carbocycles. The highest BCUT2D eigenvalue weighted by atomic mass is 32.2. The summed E-state index contributed by atoms with van der Waals surface area (Å²) in [5.74, 6) is -0.501. The molecule has 2 aliphatic heterocycles. The molecule has 1 N–H and O–H groups in total. The fourth-order valence-electron chi connectivity index (χ4n) is 2.74. The van der Waals surface area contributed by atoms with Gasteiger partial charge in [-0.25, -0.2) is 14.8 Å². The van der Waals surface area contributed by atoms with Gasteiger partial charge in [0.2, 0.25) is 0 Å². The fraction of sp³-hybridized carbons (Fsp3) is 0.294. The molecule has 1 aromatic carbocycles. The Labute approximate surface area is 160 Å². The molecular weight excluding hydrogens is 368 g/mol. The molecule has 4 amide bonds. The van der Waals surface area contributed by atoms with E-state index in [1.54, 1.807) is 25.0 Å². The summed E-state index contributed by atoms with van der Waals surface area (Å²) in [7, 11) is 2.95. The SMILES string of the molecule is CSc1ccc(/C=N/NC(=O)C[N+]2=CN=C3C2C(=O)N(C)C(=O)N3C)cc1. The number of nitrogens with one attached hydrogen (secondary N) is 1. The van der Waals surface area contributed by atoms with Crippen LogP contribution in [-0.2, 0) is 9.59 Å². The Kier molecular flexibility index (Phi) is 5.36. The number of benzene rings is 1. The van der Waals surface area contributed by atoms with E-state index < -0.39 is 23.9 Å². The van der Waals surface area contributed by atoms with Crippen LogP contribution in [-0.4, -0.2) is 83.5 Å². The van der Waals surface area contributed by atoms with Crippen molar-refractivity contribution in [1.29, 1.82) is 0 Å². The van der Waals surface area contributed by atoms with E-state index >= 15 is 0 Å². The van der Waals surface area contributed by atoms with E-state index in [-0.39, 0.29) is 6.54 Å². The lowest BCUT2D eigenvalue weighted by molar-refractivity contribution is -0.519. The van der Waals surface area contributed by atoms with Gasteiger partial charge < -0.3 is 0 Å². The van der Waals surface area contributed by atoms with E-state index in [0.29, 0.717) is 5.84 Å². The van der Waals surface area contributed by atoms with Crippen molar-refractivity contribution in [2.24, 2.45) is 10.1 Å². The third-order valence-corrected chi connectivity index (χ3v) is 4.98. The van der Waals surface area contributed by atoms with Crippen LogP contribution in [0.1, 0.15) is 5.56 Å². The van der Waals surface area contributed by atoms with Gasteiger partial charge in [0, 0.05) is 19.0 Å². The number of amides is 4. The zero-order valence-corrected chi connectivity index (χ0v) is 15.9. The van der Waals surface area contributed by atoms with Crippen molar-refractivity contribution in [2.75, 3.05) is 26.9 Å². The third-order valence-electron chi connectivity index (χ3n) is 4.24. The van der Waals surface area contributed by atoms with E-state index in [9.17, 15) is 14.4 Å². The van der Waals surface area contributed by atoms with E-state index in [1.165, 1.54) is 22.9 Å². The molecule has 1 saturated heterocycles. The zero-order valence-electron chi connectivity index (χ0n) is 15.1. The lowest BCUT2D eigenvalue weighted by atomic mass is 10.1. The number of nitrogens with zero attached hydrogens (tertiary/aromatic N) is 5. The number of hydrogen-bond acceptors (Lipinski definition) is 6. The van der Waals surface area contributed by atoms with Crippen LogP contribution in [0.4, 0.5) is 4.79 Å². The Bertz CT molecular complexity index is 877. The minimum absolute atomic E-state index is 0.109. The Morgan fingerprint density at radius 2 is 2.00 bits per heavy atom. The smallest absolute Gasteiger partial charge is 0.269 e. The third kappa shape index (κ3) is 3.75. The maximum atomic E-state index is 12.4. The second kappa shape index (κ2) is 7.70. The van der Waals surface area contributed by atoms with E-state index in [0.717, 1.165) is 15.4 Å². The number of aliphatic imine (C=N–C) groups is 1. The number of carbonyl (C=O) groups is 3. The lowest BCUT2D eigenvalue weighted by Crippen LogP contribution is -2.61. The van der Waals surface area contributed by atoms with Crippen LogP contribution in [0.2, 0.25) is 0 Å². The molecule has 9 nitrogen and oxygen atoms in total. The van der Waals surface area contributed by atoms with Crippen LogP contribution in [0.25, 0.3) is 0 Å². The van der Waals surface area contributed by atoms with Gasteiger partial charge >= 0.3 is 6.03 Å². The van der Waals surface area contributed by atoms with Crippen molar-refractivity contribution < 1.29 is 19.0 Å². The van der Waals surface area contributed by atoms with E-state index in [2.05, 4.69) is 15.5 Å². The van der Waals surface area contributed by atoms with Gasteiger partial charge in [-0.05, 0) is 28.9 Å². The predicted octanol–water partition coefficient (Wildman–Crippen LogP) is 0.204. The molecule has 27 heavy (non-hydrogen) atoms. The molecule has 1 atom stereocenters. The van der Waals surface area contributed by atoms with Gasteiger partial charge in [-0.15, -0.1) is 11.8 Å². The molecule has 1 unspecified atom stereocenters. The summed E-state index contributed by atoms with van der Waals surface area (Å²) in [5.41, 5.74) is 3.29. The zero-order chi connectivity index (χ0) is 19.6. The molecule has 2 heterocycles. The van der Waals surface area contributed by atoms with Gasteiger partial charge in [0.15, 0.2) is 6.54 Å². The number of hydrazone groups is 1. The van der Waals surface area contributed by atoms with Crippen molar-refractivity contribution >= 4 is 48.0 Å². The van der Waals surface area contributed by atoms with Crippen LogP contribution >= 0.6 is 11.8 Å². The van der Waals surface area contributed by atoms with Crippen LogP contribution in [0.15, 0.2) is 39.3 Å². The molecule has 0 spiro atoms. The van der Waals surface area contributed by atoms with Crippen molar-refractivity contribution in [3.05, 3.63) is 29.8 Å². The van der Waals surface area contributed by atoms with Gasteiger partial charge in [0.1, 0.15) is 0 Å². The highest BCUT2D eigenvalue weighted by Crippen LogP contribution is 2.16. The number of imide groups is 1. The number of likely N-dealkylation sites (N-methyl/N-ethyl adjacent to an activating group) is 2. The number of fused-ring (bicyclic) bond motifs is 1. The summed E-state index contributed by atoms with van der Waals surface area (Å²) < 4.78 is 1.48. The molecular formula is C17H19N6O3S+. The maximum Gasteiger partial charge on any atom is 0.333 e. The summed E-state index contributed by atoms with van der Waals surface area (Å²) in [5, 5.41) is 3.93. The van der Waals surface area contributed by atoms with E-state index in [4.69, 9.17) is 0 Å². The number of amidine groups is 1. The molecule has 140 valence electrons. The highest BCUT2D eigenvalue weighted by Gasteiger charge is 2.50. The number of urea groups is 1. The summed E-state index contributed by atoms with van der Waals surface area (Å²) in [6, 6.07) is 6.50. The lowest BCUT2D eigenvalue weighted by Gasteiger charge is -2.30.